The van der Waals surface area contributed by atoms with E-state index in [1.54, 1.807) is 49.4 Å². The molecule has 0 saturated carbocycles. The number of nitrogens with one attached hydrogen (secondary N) is 1. The average molecular weight is 566 g/mol. The van der Waals surface area contributed by atoms with Crippen LogP contribution in [0.3, 0.4) is 0 Å². The van der Waals surface area contributed by atoms with Crippen molar-refractivity contribution in [3.8, 4) is 5.75 Å². The lowest BCUT2D eigenvalue weighted by Gasteiger charge is -2.32. The van der Waals surface area contributed by atoms with E-state index >= 15 is 0 Å². The minimum atomic E-state index is -4.12. The number of hydrogen-bond acceptors (Lipinski definition) is 5. The molecule has 0 bridgehead atoms. The van der Waals surface area contributed by atoms with Gasteiger partial charge in [0.05, 0.1) is 17.2 Å². The number of carbonyl (C=O) groups excluding carboxylic acids is 2. The van der Waals surface area contributed by atoms with Crippen LogP contribution in [-0.2, 0) is 26.0 Å². The molecule has 3 rings (SSSR count). The van der Waals surface area contributed by atoms with E-state index < -0.39 is 28.5 Å². The molecule has 40 heavy (non-hydrogen) atoms. The normalized spacial score (nSPS) is 12.7. The molecule has 0 fully saturated rings. The van der Waals surface area contributed by atoms with Crippen LogP contribution in [0, 0.1) is 0 Å². The maximum absolute atomic E-state index is 13.9. The summed E-state index contributed by atoms with van der Waals surface area (Å²) < 4.78 is 34.3. The summed E-state index contributed by atoms with van der Waals surface area (Å²) in [5, 5.41) is 2.94. The van der Waals surface area contributed by atoms with E-state index in [9.17, 15) is 18.0 Å². The molecular formula is C31H39N3O5S. The Balaban J connectivity index is 1.94. The number of amides is 2. The van der Waals surface area contributed by atoms with Gasteiger partial charge in [-0.3, -0.25) is 13.9 Å². The Hall–Kier alpha value is -3.85. The smallest absolute Gasteiger partial charge is 0.264 e. The zero-order chi connectivity index (χ0) is 29.1. The fraction of sp³-hybridized carbons (Fsp3) is 0.355. The summed E-state index contributed by atoms with van der Waals surface area (Å²) in [5.74, 6) is -0.200. The highest BCUT2D eigenvalue weighted by molar-refractivity contribution is 7.92. The molecule has 8 nitrogen and oxygen atoms in total. The Labute approximate surface area is 238 Å². The third-order valence-corrected chi connectivity index (χ3v) is 8.49. The molecule has 0 aliphatic rings. The predicted molar refractivity (Wildman–Crippen MR) is 158 cm³/mol. The third-order valence-electron chi connectivity index (χ3n) is 6.70. The van der Waals surface area contributed by atoms with Gasteiger partial charge in [0.15, 0.2) is 0 Å². The number of rotatable bonds is 14. The summed E-state index contributed by atoms with van der Waals surface area (Å²) in [6.07, 6.45) is 1.27. The van der Waals surface area contributed by atoms with Gasteiger partial charge in [-0.2, -0.15) is 0 Å². The van der Waals surface area contributed by atoms with Crippen molar-refractivity contribution in [3.63, 3.8) is 0 Å². The van der Waals surface area contributed by atoms with Crippen LogP contribution in [0.4, 0.5) is 5.69 Å². The lowest BCUT2D eigenvalue weighted by Crippen LogP contribution is -2.53. The maximum atomic E-state index is 13.9. The molecule has 1 N–H and O–H groups in total. The zero-order valence-corrected chi connectivity index (χ0v) is 24.4. The van der Waals surface area contributed by atoms with Crippen molar-refractivity contribution in [2.24, 2.45) is 0 Å². The van der Waals surface area contributed by atoms with Crippen LogP contribution < -0.4 is 14.4 Å². The van der Waals surface area contributed by atoms with Crippen molar-refractivity contribution >= 4 is 27.5 Å². The number of carbonyl (C=O) groups is 2. The Morgan fingerprint density at radius 1 is 0.875 bits per heavy atom. The first-order valence-corrected chi connectivity index (χ1v) is 15.1. The summed E-state index contributed by atoms with van der Waals surface area (Å²) in [4.78, 5) is 28.5. The Morgan fingerprint density at radius 2 is 1.48 bits per heavy atom. The maximum Gasteiger partial charge on any atom is 0.264 e. The quantitative estimate of drug-likeness (QED) is 0.307. The molecular weight excluding hydrogens is 526 g/mol. The number of para-hydroxylation sites is 1. The van der Waals surface area contributed by atoms with Crippen LogP contribution in [0.2, 0.25) is 0 Å². The first kappa shape index (κ1) is 30.7. The standard InChI is InChI=1S/C31H39N3O5S/c1-5-24(3)32-31(36)25(4)33(22-21-26-13-9-7-10-14-26)30(35)23-34(27-15-11-8-12-16-27)40(37,38)29-19-17-28(18-20-29)39-6-2/h7-20,24-25H,5-6,21-23H2,1-4H3,(H,32,36). The first-order chi connectivity index (χ1) is 19.2. The van der Waals surface area contributed by atoms with Crippen LogP contribution in [0.25, 0.3) is 0 Å². The van der Waals surface area contributed by atoms with Crippen molar-refractivity contribution in [1.29, 1.82) is 0 Å². The highest BCUT2D eigenvalue weighted by Crippen LogP contribution is 2.25. The number of anilines is 1. The second-order valence-electron chi connectivity index (χ2n) is 9.57. The van der Waals surface area contributed by atoms with Crippen LogP contribution in [-0.4, -0.2) is 56.9 Å². The number of hydrogen-bond donors (Lipinski definition) is 1. The van der Waals surface area contributed by atoms with Gasteiger partial charge in [0.25, 0.3) is 10.0 Å². The minimum Gasteiger partial charge on any atom is -0.494 e. The Kier molecular flexibility index (Phi) is 11.1. The third kappa shape index (κ3) is 8.08. The molecule has 0 spiro atoms. The Morgan fingerprint density at radius 3 is 2.05 bits per heavy atom. The lowest BCUT2D eigenvalue weighted by molar-refractivity contribution is -0.139. The van der Waals surface area contributed by atoms with Crippen LogP contribution in [0.1, 0.15) is 39.7 Å². The van der Waals surface area contributed by atoms with Crippen molar-refractivity contribution in [2.75, 3.05) is 24.0 Å². The summed E-state index contributed by atoms with van der Waals surface area (Å²) in [6.45, 7) is 7.64. The van der Waals surface area contributed by atoms with E-state index in [0.29, 0.717) is 24.5 Å². The van der Waals surface area contributed by atoms with Crippen molar-refractivity contribution < 1.29 is 22.7 Å². The average Bonchev–Trinajstić information content (AvgIpc) is 2.97. The van der Waals surface area contributed by atoms with Gasteiger partial charge in [-0.1, -0.05) is 55.5 Å². The molecule has 0 aliphatic carbocycles. The molecule has 2 unspecified atom stereocenters. The van der Waals surface area contributed by atoms with Crippen LogP contribution in [0.15, 0.2) is 89.8 Å². The molecule has 9 heteroatoms. The van der Waals surface area contributed by atoms with Gasteiger partial charge >= 0.3 is 0 Å². The number of nitrogens with zero attached hydrogens (tertiary/aromatic N) is 2. The van der Waals surface area contributed by atoms with E-state index in [1.165, 1.54) is 17.0 Å². The molecule has 2 amide bonds. The summed E-state index contributed by atoms with van der Waals surface area (Å²) in [7, 11) is -4.12. The Bertz CT molecular complexity index is 1330. The van der Waals surface area contributed by atoms with Crippen molar-refractivity contribution in [2.45, 2.75) is 57.5 Å². The lowest BCUT2D eigenvalue weighted by atomic mass is 10.1. The molecule has 3 aromatic rings. The monoisotopic (exact) mass is 565 g/mol. The van der Waals surface area contributed by atoms with Crippen molar-refractivity contribution in [1.82, 2.24) is 10.2 Å². The molecule has 0 radical (unpaired) electrons. The first-order valence-electron chi connectivity index (χ1n) is 13.6. The van der Waals surface area contributed by atoms with Crippen molar-refractivity contribution in [3.05, 3.63) is 90.5 Å². The van der Waals surface area contributed by atoms with Crippen LogP contribution in [0.5, 0.6) is 5.75 Å². The highest BCUT2D eigenvalue weighted by atomic mass is 32.2. The zero-order valence-electron chi connectivity index (χ0n) is 23.6. The largest absolute Gasteiger partial charge is 0.494 e. The number of ether oxygens (including phenoxy) is 1. The van der Waals surface area contributed by atoms with Gasteiger partial charge < -0.3 is 15.0 Å². The molecule has 3 aromatic carbocycles. The second kappa shape index (κ2) is 14.5. The van der Waals surface area contributed by atoms with E-state index in [0.717, 1.165) is 16.3 Å². The highest BCUT2D eigenvalue weighted by Gasteiger charge is 2.32. The van der Waals surface area contributed by atoms with Gasteiger partial charge in [-0.15, -0.1) is 0 Å². The minimum absolute atomic E-state index is 0.0333. The SMILES string of the molecule is CCOc1ccc(S(=O)(=O)N(CC(=O)N(CCc2ccccc2)C(C)C(=O)NC(C)CC)c2ccccc2)cc1. The summed E-state index contributed by atoms with van der Waals surface area (Å²) >= 11 is 0. The molecule has 0 saturated heterocycles. The van der Waals surface area contributed by atoms with E-state index in [2.05, 4.69) is 5.32 Å². The molecule has 0 aromatic heterocycles. The predicted octanol–water partition coefficient (Wildman–Crippen LogP) is 4.66. The summed E-state index contributed by atoms with van der Waals surface area (Å²) in [5.41, 5.74) is 1.36. The van der Waals surface area contributed by atoms with E-state index in [-0.39, 0.29) is 23.4 Å². The van der Waals surface area contributed by atoms with E-state index in [4.69, 9.17) is 4.74 Å². The molecule has 2 atom stereocenters. The molecule has 0 aliphatic heterocycles. The van der Waals surface area contributed by atoms with Gasteiger partial charge in [-0.25, -0.2) is 8.42 Å². The van der Waals surface area contributed by atoms with Gasteiger partial charge in [0.2, 0.25) is 11.8 Å². The second-order valence-corrected chi connectivity index (χ2v) is 11.4. The van der Waals surface area contributed by atoms with Gasteiger partial charge in [-0.05, 0) is 75.6 Å². The number of benzene rings is 3. The topological polar surface area (TPSA) is 96.0 Å². The molecule has 214 valence electrons. The van der Waals surface area contributed by atoms with Crippen LogP contribution >= 0.6 is 0 Å². The molecule has 0 heterocycles. The van der Waals surface area contributed by atoms with E-state index in [1.807, 2.05) is 51.1 Å². The fourth-order valence-electron chi connectivity index (χ4n) is 4.16. The fourth-order valence-corrected chi connectivity index (χ4v) is 5.57. The van der Waals surface area contributed by atoms with Gasteiger partial charge in [0.1, 0.15) is 18.3 Å². The summed E-state index contributed by atoms with van der Waals surface area (Å²) in [6, 6.07) is 23.4. The van der Waals surface area contributed by atoms with Gasteiger partial charge in [0, 0.05) is 12.6 Å². The number of sulfonamides is 1.